The van der Waals surface area contributed by atoms with Gasteiger partial charge in [-0.3, -0.25) is 4.79 Å². The predicted molar refractivity (Wildman–Crippen MR) is 80.1 cm³/mol. The zero-order valence-electron chi connectivity index (χ0n) is 11.2. The Morgan fingerprint density at radius 1 is 1.47 bits per heavy atom. The molecule has 1 aliphatic heterocycles. The van der Waals surface area contributed by atoms with Gasteiger partial charge in [0.2, 0.25) is 5.91 Å². The molecule has 0 spiro atoms. The van der Waals surface area contributed by atoms with Gasteiger partial charge in [-0.2, -0.15) is 0 Å². The van der Waals surface area contributed by atoms with Crippen LogP contribution in [0, 0.1) is 19.8 Å². The third-order valence-corrected chi connectivity index (χ3v) is 5.76. The van der Waals surface area contributed by atoms with Crippen LogP contribution >= 0.6 is 27.3 Å². The van der Waals surface area contributed by atoms with Crippen LogP contribution in [0.3, 0.4) is 0 Å². The van der Waals surface area contributed by atoms with E-state index in [1.165, 1.54) is 28.2 Å². The summed E-state index contributed by atoms with van der Waals surface area (Å²) >= 11 is 5.07. The molecule has 5 heteroatoms. The summed E-state index contributed by atoms with van der Waals surface area (Å²) in [5, 5.41) is 0.398. The smallest absolute Gasteiger partial charge is 0.233 e. The molecule has 2 heterocycles. The minimum Gasteiger partial charge on any atom is -0.490 e. The van der Waals surface area contributed by atoms with Crippen molar-refractivity contribution in [3.05, 3.63) is 15.3 Å². The molecule has 19 heavy (non-hydrogen) atoms. The van der Waals surface area contributed by atoms with E-state index in [1.54, 1.807) is 11.3 Å². The van der Waals surface area contributed by atoms with Crippen molar-refractivity contribution in [1.29, 1.82) is 0 Å². The Morgan fingerprint density at radius 2 is 2.21 bits per heavy atom. The molecule has 0 radical (unpaired) electrons. The lowest BCUT2D eigenvalue weighted by Gasteiger charge is -2.28. The summed E-state index contributed by atoms with van der Waals surface area (Å²) < 4.78 is 6.04. The Bertz CT molecular complexity index is 510. The van der Waals surface area contributed by atoms with E-state index < -0.39 is 0 Å². The third-order valence-electron chi connectivity index (χ3n) is 4.11. The molecule has 1 atom stereocenters. The number of rotatable bonds is 2. The monoisotopic (exact) mass is 343 g/mol. The quantitative estimate of drug-likeness (QED) is 0.771. The SMILES string of the molecule is Cc1sc2c(c1C)OC[C@H](C1CC1)N(C(=O)CBr)C2. The van der Waals surface area contributed by atoms with E-state index in [0.29, 0.717) is 24.4 Å². The molecule has 1 amide bonds. The van der Waals surface area contributed by atoms with Crippen LogP contribution in [0.4, 0.5) is 0 Å². The molecule has 3 nitrogen and oxygen atoms in total. The van der Waals surface area contributed by atoms with E-state index in [2.05, 4.69) is 29.8 Å². The maximum absolute atomic E-state index is 12.2. The summed E-state index contributed by atoms with van der Waals surface area (Å²) in [6.45, 7) is 5.58. The van der Waals surface area contributed by atoms with E-state index in [9.17, 15) is 4.79 Å². The number of aryl methyl sites for hydroxylation is 1. The second-order valence-corrected chi connectivity index (χ2v) is 7.28. The van der Waals surface area contributed by atoms with Crippen LogP contribution in [0.25, 0.3) is 0 Å². The number of hydrogen-bond acceptors (Lipinski definition) is 3. The van der Waals surface area contributed by atoms with E-state index in [1.807, 2.05) is 4.90 Å². The Balaban J connectivity index is 1.92. The summed E-state index contributed by atoms with van der Waals surface area (Å²) in [5.41, 5.74) is 1.24. The molecule has 0 N–H and O–H groups in total. The van der Waals surface area contributed by atoms with Gasteiger partial charge in [0.1, 0.15) is 12.4 Å². The molecule has 1 aliphatic carbocycles. The number of halogens is 1. The highest BCUT2D eigenvalue weighted by atomic mass is 79.9. The lowest BCUT2D eigenvalue weighted by molar-refractivity contribution is -0.132. The van der Waals surface area contributed by atoms with Crippen molar-refractivity contribution in [3.63, 3.8) is 0 Å². The van der Waals surface area contributed by atoms with Crippen molar-refractivity contribution in [2.24, 2.45) is 5.92 Å². The highest BCUT2D eigenvalue weighted by Crippen LogP contribution is 2.42. The van der Waals surface area contributed by atoms with E-state index in [4.69, 9.17) is 4.74 Å². The second-order valence-electron chi connectivity index (χ2n) is 5.41. The number of thiophene rings is 1. The topological polar surface area (TPSA) is 29.5 Å². The molecule has 1 fully saturated rings. The molecule has 0 unspecified atom stereocenters. The van der Waals surface area contributed by atoms with Gasteiger partial charge in [-0.1, -0.05) is 15.9 Å². The Hall–Kier alpha value is -0.550. The fraction of sp³-hybridized carbons (Fsp3) is 0.643. The van der Waals surface area contributed by atoms with Crippen molar-refractivity contribution >= 4 is 33.2 Å². The minimum absolute atomic E-state index is 0.178. The number of carbonyl (C=O) groups is 1. The predicted octanol–water partition coefficient (Wildman–Crippen LogP) is 3.26. The third kappa shape index (κ3) is 2.42. The molecule has 1 saturated carbocycles. The van der Waals surface area contributed by atoms with Gasteiger partial charge in [0.25, 0.3) is 0 Å². The molecule has 0 bridgehead atoms. The first kappa shape index (κ1) is 13.4. The van der Waals surface area contributed by atoms with E-state index in [0.717, 1.165) is 5.75 Å². The number of hydrogen-bond donors (Lipinski definition) is 0. The standard InChI is InChI=1S/C14H18BrNO2S/c1-8-9(2)19-12-6-16(13(17)5-15)11(10-3-4-10)7-18-14(8)12/h10-11H,3-7H2,1-2H3/t11-/m1/s1. The largest absolute Gasteiger partial charge is 0.490 e. The van der Waals surface area contributed by atoms with Crippen molar-refractivity contribution < 1.29 is 9.53 Å². The Labute approximate surface area is 126 Å². The lowest BCUT2D eigenvalue weighted by atomic mass is 10.1. The highest BCUT2D eigenvalue weighted by Gasteiger charge is 2.40. The second kappa shape index (κ2) is 5.09. The van der Waals surface area contributed by atoms with E-state index in [-0.39, 0.29) is 11.9 Å². The van der Waals surface area contributed by atoms with Crippen LogP contribution in [-0.4, -0.2) is 28.8 Å². The molecular formula is C14H18BrNO2S. The summed E-state index contributed by atoms with van der Waals surface area (Å²) in [6.07, 6.45) is 2.46. The van der Waals surface area contributed by atoms with Crippen LogP contribution in [0.1, 0.15) is 28.2 Å². The average molecular weight is 344 g/mol. The molecule has 1 aromatic rings. The highest BCUT2D eigenvalue weighted by molar-refractivity contribution is 9.09. The molecular weight excluding hydrogens is 326 g/mol. The van der Waals surface area contributed by atoms with Crippen LogP contribution in [0.5, 0.6) is 5.75 Å². The average Bonchev–Trinajstić information content (AvgIpc) is 3.19. The first-order valence-electron chi connectivity index (χ1n) is 6.69. The van der Waals surface area contributed by atoms with Gasteiger partial charge in [0.15, 0.2) is 0 Å². The van der Waals surface area contributed by atoms with Gasteiger partial charge < -0.3 is 9.64 Å². The Morgan fingerprint density at radius 3 is 2.84 bits per heavy atom. The first-order valence-corrected chi connectivity index (χ1v) is 8.62. The maximum Gasteiger partial charge on any atom is 0.233 e. The van der Waals surface area contributed by atoms with Crippen LogP contribution in [-0.2, 0) is 11.3 Å². The number of alkyl halides is 1. The van der Waals surface area contributed by atoms with Gasteiger partial charge in [0.05, 0.1) is 22.8 Å². The van der Waals surface area contributed by atoms with Crippen molar-refractivity contribution in [2.45, 2.75) is 39.3 Å². The maximum atomic E-state index is 12.2. The summed E-state index contributed by atoms with van der Waals surface area (Å²) in [5.74, 6) is 1.84. The van der Waals surface area contributed by atoms with Crippen LogP contribution in [0.2, 0.25) is 0 Å². The summed E-state index contributed by atoms with van der Waals surface area (Å²) in [7, 11) is 0. The number of fused-ring (bicyclic) bond motifs is 1. The number of amides is 1. The number of nitrogens with zero attached hydrogens (tertiary/aromatic N) is 1. The van der Waals surface area contributed by atoms with Gasteiger partial charge in [-0.25, -0.2) is 0 Å². The summed E-state index contributed by atoms with van der Waals surface area (Å²) in [6, 6.07) is 0.254. The molecule has 3 rings (SSSR count). The zero-order valence-corrected chi connectivity index (χ0v) is 13.6. The van der Waals surface area contributed by atoms with Crippen molar-refractivity contribution in [2.75, 3.05) is 11.9 Å². The molecule has 0 saturated heterocycles. The minimum atomic E-state index is 0.178. The lowest BCUT2D eigenvalue weighted by Crippen LogP contribution is -2.43. The van der Waals surface area contributed by atoms with Crippen molar-refractivity contribution in [1.82, 2.24) is 4.90 Å². The Kier molecular flexibility index (Phi) is 3.60. The normalized spacial score (nSPS) is 22.7. The molecule has 0 aromatic carbocycles. The van der Waals surface area contributed by atoms with Gasteiger partial charge >= 0.3 is 0 Å². The molecule has 104 valence electrons. The van der Waals surface area contributed by atoms with E-state index >= 15 is 0 Å². The first-order chi connectivity index (χ1) is 9.11. The van der Waals surface area contributed by atoms with Gasteiger partial charge in [-0.05, 0) is 32.6 Å². The van der Waals surface area contributed by atoms with Gasteiger partial charge in [0, 0.05) is 10.4 Å². The van der Waals surface area contributed by atoms with Crippen LogP contribution < -0.4 is 4.74 Å². The van der Waals surface area contributed by atoms with Gasteiger partial charge in [-0.15, -0.1) is 11.3 Å². The molecule has 2 aliphatic rings. The molecule has 1 aromatic heterocycles. The fourth-order valence-corrected chi connectivity index (χ4v) is 4.17. The fourth-order valence-electron chi connectivity index (χ4n) is 2.72. The zero-order chi connectivity index (χ0) is 13.6. The number of carbonyl (C=O) groups excluding carboxylic acids is 1. The van der Waals surface area contributed by atoms with Crippen molar-refractivity contribution in [3.8, 4) is 5.75 Å². The van der Waals surface area contributed by atoms with Crippen LogP contribution in [0.15, 0.2) is 0 Å². The number of ether oxygens (including phenoxy) is 1. The summed E-state index contributed by atoms with van der Waals surface area (Å²) in [4.78, 5) is 16.7.